The average molecular weight is 571 g/mol. The molecule has 2 aromatic carbocycles. The van der Waals surface area contributed by atoms with Crippen molar-refractivity contribution >= 4 is 71.1 Å². The molecule has 44 heavy (non-hydrogen) atoms. The summed E-state index contributed by atoms with van der Waals surface area (Å²) in [5.41, 5.74) is 11.8. The summed E-state index contributed by atoms with van der Waals surface area (Å²) in [6.45, 7) is 0. The van der Waals surface area contributed by atoms with Gasteiger partial charge in [0.2, 0.25) is 0 Å². The Morgan fingerprint density at radius 1 is 0.455 bits per heavy atom. The first kappa shape index (κ1) is 26.7. The van der Waals surface area contributed by atoms with Crippen LogP contribution in [0.15, 0.2) is 97.1 Å². The van der Waals surface area contributed by atoms with Gasteiger partial charge in [-0.05, 0) is 84.0 Å². The normalized spacial score (nSPS) is 12.4. The predicted octanol–water partition coefficient (Wildman–Crippen LogP) is 8.41. The first-order valence-electron chi connectivity index (χ1n) is 14.2. The quantitative estimate of drug-likeness (QED) is 0.155. The Bertz CT molecular complexity index is 2060. The van der Waals surface area contributed by atoms with Crippen LogP contribution in [0, 0.1) is 0 Å². The van der Waals surface area contributed by atoms with Crippen molar-refractivity contribution in [3.8, 4) is 22.3 Å². The summed E-state index contributed by atoms with van der Waals surface area (Å²) in [6, 6.07) is 28.3. The summed E-state index contributed by atoms with van der Waals surface area (Å²) in [6.07, 6.45) is 16.0. The highest BCUT2D eigenvalue weighted by Gasteiger charge is 2.17. The van der Waals surface area contributed by atoms with Crippen LogP contribution in [0.1, 0.15) is 33.9 Å². The zero-order chi connectivity index (χ0) is 29.9. The molecular weight excluding hydrogens is 544 g/mol. The highest BCUT2D eigenvalue weighted by molar-refractivity contribution is 5.97. The number of aldehydes is 2. The molecule has 5 heterocycles. The fraction of sp³-hybridized carbons (Fsp3) is 0. The third-order valence-electron chi connectivity index (χ3n) is 7.64. The minimum Gasteiger partial charge on any atom is -0.354 e. The van der Waals surface area contributed by atoms with Crippen LogP contribution >= 0.6 is 0 Å². The number of hydrogen-bond acceptors (Lipinski definition) is 4. The molecule has 0 radical (unpaired) electrons. The molecule has 0 spiro atoms. The number of nitrogens with one attached hydrogen (secondary N) is 2. The zero-order valence-corrected chi connectivity index (χ0v) is 23.6. The Hall–Kier alpha value is -6.14. The average Bonchev–Trinajstić information content (AvgIpc) is 3.89. The van der Waals surface area contributed by atoms with Crippen molar-refractivity contribution in [2.45, 2.75) is 0 Å². The molecular formula is C38H26N4O2. The van der Waals surface area contributed by atoms with Gasteiger partial charge in [0.25, 0.3) is 0 Å². The van der Waals surface area contributed by atoms with Crippen molar-refractivity contribution < 1.29 is 9.59 Å². The zero-order valence-electron chi connectivity index (χ0n) is 23.6. The van der Waals surface area contributed by atoms with E-state index in [0.717, 1.165) is 79.4 Å². The second-order valence-electron chi connectivity index (χ2n) is 10.3. The molecule has 0 saturated heterocycles. The summed E-state index contributed by atoms with van der Waals surface area (Å²) in [7, 11) is 0. The Labute approximate surface area is 253 Å². The lowest BCUT2D eigenvalue weighted by molar-refractivity contribution is -0.104. The largest absolute Gasteiger partial charge is 0.354 e. The van der Waals surface area contributed by atoms with Gasteiger partial charge in [0, 0.05) is 44.3 Å². The van der Waals surface area contributed by atoms with Crippen LogP contribution in [0.2, 0.25) is 0 Å². The third-order valence-corrected chi connectivity index (χ3v) is 7.64. The first-order chi connectivity index (χ1) is 21.7. The Kier molecular flexibility index (Phi) is 7.06. The fourth-order valence-electron chi connectivity index (χ4n) is 5.69. The van der Waals surface area contributed by atoms with Crippen LogP contribution in [0.25, 0.3) is 80.8 Å². The number of hydrogen-bond donors (Lipinski definition) is 2. The molecule has 0 atom stereocenters. The van der Waals surface area contributed by atoms with E-state index in [9.17, 15) is 9.59 Å². The van der Waals surface area contributed by atoms with Crippen LogP contribution in [0.4, 0.5) is 0 Å². The van der Waals surface area contributed by atoms with Crippen molar-refractivity contribution in [2.24, 2.45) is 0 Å². The van der Waals surface area contributed by atoms with Crippen molar-refractivity contribution in [1.82, 2.24) is 19.9 Å². The Morgan fingerprint density at radius 2 is 0.864 bits per heavy atom. The number of allylic oxidation sites excluding steroid dienone is 2. The van der Waals surface area contributed by atoms with Crippen molar-refractivity contribution in [2.75, 3.05) is 0 Å². The molecule has 3 aromatic heterocycles. The maximum Gasteiger partial charge on any atom is 0.142 e. The van der Waals surface area contributed by atoms with E-state index in [0.29, 0.717) is 11.4 Å². The molecule has 2 aliphatic rings. The molecule has 2 N–H and O–H groups in total. The molecule has 0 unspecified atom stereocenters. The van der Waals surface area contributed by atoms with Crippen molar-refractivity contribution in [3.63, 3.8) is 0 Å². The molecule has 8 bridgehead atoms. The van der Waals surface area contributed by atoms with E-state index in [1.165, 1.54) is 12.2 Å². The predicted molar refractivity (Wildman–Crippen MR) is 180 cm³/mol. The lowest BCUT2D eigenvalue weighted by Crippen LogP contribution is -1.90. The molecule has 6 heteroatoms. The molecule has 210 valence electrons. The Morgan fingerprint density at radius 3 is 1.32 bits per heavy atom. The lowest BCUT2D eigenvalue weighted by atomic mass is 10.0. The topological polar surface area (TPSA) is 91.5 Å². The summed E-state index contributed by atoms with van der Waals surface area (Å²) in [5, 5.41) is 0. The van der Waals surface area contributed by atoms with Gasteiger partial charge in [0.15, 0.2) is 0 Å². The molecule has 0 saturated carbocycles. The minimum atomic E-state index is 0.708. The SMILES string of the molecule is O=CC=Cc1c2nc(c(-c3ccccc3)c3ccc([nH]3)c(/C=C/C=O)c3ccc([nH]3)c(-c3ccccc3)c3nc1C=C3)C=C2. The van der Waals surface area contributed by atoms with Crippen LogP contribution < -0.4 is 0 Å². The summed E-state index contributed by atoms with van der Waals surface area (Å²) < 4.78 is 0. The van der Waals surface area contributed by atoms with Gasteiger partial charge in [-0.15, -0.1) is 0 Å². The van der Waals surface area contributed by atoms with E-state index in [4.69, 9.17) is 9.97 Å². The van der Waals surface area contributed by atoms with E-state index >= 15 is 0 Å². The monoisotopic (exact) mass is 570 g/mol. The molecule has 0 fully saturated rings. The van der Waals surface area contributed by atoms with Gasteiger partial charge < -0.3 is 9.97 Å². The number of aromatic nitrogens is 4. The molecule has 5 aromatic rings. The molecule has 7 rings (SSSR count). The molecule has 0 amide bonds. The highest BCUT2D eigenvalue weighted by Crippen LogP contribution is 2.34. The second-order valence-corrected chi connectivity index (χ2v) is 10.3. The van der Waals surface area contributed by atoms with Crippen LogP contribution in [-0.2, 0) is 9.59 Å². The first-order valence-corrected chi connectivity index (χ1v) is 14.2. The summed E-state index contributed by atoms with van der Waals surface area (Å²) in [4.78, 5) is 40.2. The van der Waals surface area contributed by atoms with Gasteiger partial charge in [-0.3, -0.25) is 9.59 Å². The second kappa shape index (κ2) is 11.6. The number of benzene rings is 2. The molecule has 2 aliphatic heterocycles. The molecule has 0 aliphatic carbocycles. The van der Waals surface area contributed by atoms with E-state index in [2.05, 4.69) is 34.2 Å². The van der Waals surface area contributed by atoms with Gasteiger partial charge in [-0.2, -0.15) is 0 Å². The maximum atomic E-state index is 11.4. The van der Waals surface area contributed by atoms with E-state index in [1.807, 2.05) is 91.0 Å². The highest BCUT2D eigenvalue weighted by atomic mass is 16.1. The number of H-pyrrole nitrogens is 2. The summed E-state index contributed by atoms with van der Waals surface area (Å²) in [5.74, 6) is 0. The smallest absolute Gasteiger partial charge is 0.142 e. The van der Waals surface area contributed by atoms with Gasteiger partial charge in [0.05, 0.1) is 22.8 Å². The van der Waals surface area contributed by atoms with Crippen molar-refractivity contribution in [1.29, 1.82) is 0 Å². The number of fused-ring (bicyclic) bond motifs is 8. The maximum absolute atomic E-state index is 11.4. The van der Waals surface area contributed by atoms with E-state index in [-0.39, 0.29) is 0 Å². The van der Waals surface area contributed by atoms with Crippen LogP contribution in [0.3, 0.4) is 0 Å². The van der Waals surface area contributed by atoms with E-state index in [1.54, 1.807) is 6.08 Å². The van der Waals surface area contributed by atoms with Gasteiger partial charge in [-0.25, -0.2) is 9.97 Å². The van der Waals surface area contributed by atoms with Gasteiger partial charge in [-0.1, -0.05) is 60.7 Å². The lowest BCUT2D eigenvalue weighted by Gasteiger charge is -2.04. The number of aromatic amines is 2. The van der Waals surface area contributed by atoms with Gasteiger partial charge in [0.1, 0.15) is 12.6 Å². The van der Waals surface area contributed by atoms with E-state index < -0.39 is 0 Å². The standard InChI is InChI=1S/C38H26N4O2/c43-23-7-13-27-29-15-19-33(39-29)37(25-9-3-1-4-10-25)34-20-16-30(40-34)28(14-8-24-44)32-18-22-36(42-32)38(26-11-5-2-6-12-26)35-21-17-31(27)41-35/h1-24,39,41H/b13-7+,14-8?,29-27?,30-28?,31-27?,32-28?,37-33?,37-34?,38-35?,38-36?. The van der Waals surface area contributed by atoms with Crippen LogP contribution in [0.5, 0.6) is 0 Å². The number of carbonyl (C=O) groups is 2. The van der Waals surface area contributed by atoms with Crippen molar-refractivity contribution in [3.05, 3.63) is 131 Å². The minimum absolute atomic E-state index is 0.708. The number of carbonyl (C=O) groups excluding carboxylic acids is 2. The van der Waals surface area contributed by atoms with Crippen LogP contribution in [-0.4, -0.2) is 32.5 Å². The number of nitrogens with zero attached hydrogens (tertiary/aromatic N) is 2. The van der Waals surface area contributed by atoms with Gasteiger partial charge >= 0.3 is 0 Å². The fourth-order valence-corrected chi connectivity index (χ4v) is 5.69. The molecule has 6 nitrogen and oxygen atoms in total. The third kappa shape index (κ3) is 4.95. The number of rotatable bonds is 6. The Balaban J connectivity index is 1.68. The summed E-state index contributed by atoms with van der Waals surface area (Å²) >= 11 is 0.